The van der Waals surface area contributed by atoms with E-state index in [0.29, 0.717) is 10.6 Å². The molecule has 0 aliphatic rings. The molecule has 0 amide bonds. The summed E-state index contributed by atoms with van der Waals surface area (Å²) in [4.78, 5) is 11.5. The van der Waals surface area contributed by atoms with E-state index < -0.39 is 5.97 Å². The van der Waals surface area contributed by atoms with Gasteiger partial charge in [0, 0.05) is 12.7 Å². The zero-order valence-corrected chi connectivity index (χ0v) is 13.1. The van der Waals surface area contributed by atoms with Gasteiger partial charge in [-0.3, -0.25) is 0 Å². The van der Waals surface area contributed by atoms with Crippen LogP contribution in [-0.4, -0.2) is 29.8 Å². The first-order valence-electron chi connectivity index (χ1n) is 6.63. The van der Waals surface area contributed by atoms with Crippen LogP contribution in [-0.2, 0) is 4.74 Å². The third-order valence-corrected chi connectivity index (χ3v) is 3.56. The molecule has 0 heterocycles. The lowest BCUT2D eigenvalue weighted by molar-refractivity contribution is 0.0510. The Morgan fingerprint density at radius 2 is 1.77 bits per heavy atom. The third kappa shape index (κ3) is 3.69. The number of methoxy groups -OCH3 is 1. The molecule has 0 saturated heterocycles. The van der Waals surface area contributed by atoms with Crippen molar-refractivity contribution in [3.63, 3.8) is 0 Å². The molecule has 22 heavy (non-hydrogen) atoms. The number of hydrogen-bond donors (Lipinski definition) is 1. The van der Waals surface area contributed by atoms with Gasteiger partial charge in [-0.05, 0) is 36.8 Å². The van der Waals surface area contributed by atoms with Crippen LogP contribution in [0, 0.1) is 6.92 Å². The number of aromatic carboxylic acids is 1. The van der Waals surface area contributed by atoms with Crippen molar-refractivity contribution in [3.05, 3.63) is 64.7 Å². The van der Waals surface area contributed by atoms with Gasteiger partial charge < -0.3 is 14.6 Å². The van der Waals surface area contributed by atoms with Crippen molar-refractivity contribution in [1.82, 2.24) is 0 Å². The van der Waals surface area contributed by atoms with E-state index in [1.165, 1.54) is 12.1 Å². The van der Waals surface area contributed by atoms with E-state index in [0.717, 1.165) is 16.7 Å². The van der Waals surface area contributed by atoms with Crippen molar-refractivity contribution in [2.24, 2.45) is 0 Å². The zero-order valence-electron chi connectivity index (χ0n) is 12.3. The molecule has 0 aliphatic carbocycles. The van der Waals surface area contributed by atoms with Crippen LogP contribution in [0.15, 0.2) is 42.5 Å². The van der Waals surface area contributed by atoms with Crippen LogP contribution in [0.3, 0.4) is 0 Å². The summed E-state index contributed by atoms with van der Waals surface area (Å²) < 4.78 is 10.5. The number of ether oxygens (including phenoxy) is 2. The quantitative estimate of drug-likeness (QED) is 0.502. The summed E-state index contributed by atoms with van der Waals surface area (Å²) in [5, 5.41) is 8.94. The topological polar surface area (TPSA) is 55.8 Å². The largest absolute Gasteiger partial charge is 0.478 e. The predicted molar refractivity (Wildman–Crippen MR) is 87.9 cm³/mol. The van der Waals surface area contributed by atoms with E-state index >= 15 is 0 Å². The molecule has 0 unspecified atom stereocenters. The lowest BCUT2D eigenvalue weighted by atomic mass is 10.0. The maximum atomic E-state index is 10.9. The summed E-state index contributed by atoms with van der Waals surface area (Å²) >= 11 is 5.53. The van der Waals surface area contributed by atoms with Crippen LogP contribution in [0.4, 0.5) is 0 Å². The second kappa shape index (κ2) is 7.15. The van der Waals surface area contributed by atoms with Crippen molar-refractivity contribution in [1.29, 1.82) is 0 Å². The Morgan fingerprint density at radius 1 is 1.14 bits per heavy atom. The van der Waals surface area contributed by atoms with Crippen molar-refractivity contribution in [3.8, 4) is 5.75 Å². The highest BCUT2D eigenvalue weighted by Crippen LogP contribution is 2.24. The first-order valence-corrected chi connectivity index (χ1v) is 7.04. The van der Waals surface area contributed by atoms with E-state index in [9.17, 15) is 4.79 Å². The number of aryl methyl sites for hydroxylation is 1. The summed E-state index contributed by atoms with van der Waals surface area (Å²) in [6.07, 6.45) is 0. The Balaban J connectivity index is 2.35. The Hall–Kier alpha value is -2.24. The van der Waals surface area contributed by atoms with Gasteiger partial charge in [0.2, 0.25) is 0 Å². The normalized spacial score (nSPS) is 10.3. The Bertz CT molecular complexity index is 692. The Labute approximate surface area is 134 Å². The van der Waals surface area contributed by atoms with Gasteiger partial charge in [-0.2, -0.15) is 0 Å². The average molecular weight is 316 g/mol. The zero-order chi connectivity index (χ0) is 16.1. The van der Waals surface area contributed by atoms with E-state index in [-0.39, 0.29) is 12.4 Å². The minimum atomic E-state index is -0.961. The SMILES string of the molecule is COCOc1ccc(C)cc1C(=S)c1ccc(C(=O)O)cc1. The fourth-order valence-electron chi connectivity index (χ4n) is 1.99. The lowest BCUT2D eigenvalue weighted by Crippen LogP contribution is -2.07. The molecular weight excluding hydrogens is 300 g/mol. The van der Waals surface area contributed by atoms with E-state index in [1.54, 1.807) is 19.2 Å². The standard InChI is InChI=1S/C17H16O4S/c1-11-3-8-15(21-10-20-2)14(9-11)16(22)12-4-6-13(7-5-12)17(18)19/h3-9H,10H2,1-2H3,(H,18,19). The number of benzene rings is 2. The lowest BCUT2D eigenvalue weighted by Gasteiger charge is -2.13. The van der Waals surface area contributed by atoms with Crippen LogP contribution >= 0.6 is 12.2 Å². The molecule has 1 N–H and O–H groups in total. The molecule has 2 aromatic rings. The van der Waals surface area contributed by atoms with Crippen molar-refractivity contribution in [2.75, 3.05) is 13.9 Å². The van der Waals surface area contributed by atoms with Gasteiger partial charge in [-0.25, -0.2) is 4.79 Å². The molecular formula is C17H16O4S. The third-order valence-electron chi connectivity index (χ3n) is 3.11. The molecule has 114 valence electrons. The van der Waals surface area contributed by atoms with Gasteiger partial charge in [0.15, 0.2) is 6.79 Å². The Morgan fingerprint density at radius 3 is 2.36 bits per heavy atom. The molecule has 2 aromatic carbocycles. The molecule has 0 radical (unpaired) electrons. The molecule has 5 heteroatoms. The van der Waals surface area contributed by atoms with Crippen molar-refractivity contribution in [2.45, 2.75) is 6.92 Å². The van der Waals surface area contributed by atoms with Gasteiger partial charge >= 0.3 is 5.97 Å². The van der Waals surface area contributed by atoms with E-state index in [1.807, 2.05) is 25.1 Å². The second-order valence-electron chi connectivity index (χ2n) is 4.76. The number of hydrogen-bond acceptors (Lipinski definition) is 4. The molecule has 0 atom stereocenters. The van der Waals surface area contributed by atoms with Gasteiger partial charge in [-0.1, -0.05) is 36.0 Å². The van der Waals surface area contributed by atoms with E-state index in [2.05, 4.69) is 0 Å². The summed E-state index contributed by atoms with van der Waals surface area (Å²) in [5.41, 5.74) is 2.85. The van der Waals surface area contributed by atoms with Crippen molar-refractivity contribution < 1.29 is 19.4 Å². The second-order valence-corrected chi connectivity index (χ2v) is 5.17. The van der Waals surface area contributed by atoms with Gasteiger partial charge in [-0.15, -0.1) is 0 Å². The summed E-state index contributed by atoms with van der Waals surface area (Å²) in [6.45, 7) is 2.11. The monoisotopic (exact) mass is 316 g/mol. The van der Waals surface area contributed by atoms with Gasteiger partial charge in [0.25, 0.3) is 0 Å². The number of carboxylic acid groups (broad SMARTS) is 1. The van der Waals surface area contributed by atoms with Crippen LogP contribution in [0.5, 0.6) is 5.75 Å². The molecule has 0 saturated carbocycles. The fraction of sp³-hybridized carbons (Fsp3) is 0.176. The van der Waals surface area contributed by atoms with E-state index in [4.69, 9.17) is 26.8 Å². The molecule has 0 bridgehead atoms. The fourth-order valence-corrected chi connectivity index (χ4v) is 2.28. The number of rotatable bonds is 6. The summed E-state index contributed by atoms with van der Waals surface area (Å²) in [6, 6.07) is 12.2. The van der Waals surface area contributed by atoms with Crippen LogP contribution in [0.25, 0.3) is 0 Å². The van der Waals surface area contributed by atoms with Crippen molar-refractivity contribution >= 4 is 23.1 Å². The minimum absolute atomic E-state index is 0.136. The van der Waals surface area contributed by atoms with Gasteiger partial charge in [0.1, 0.15) is 5.75 Å². The highest BCUT2D eigenvalue weighted by atomic mass is 32.1. The first-order chi connectivity index (χ1) is 10.5. The minimum Gasteiger partial charge on any atom is -0.478 e. The predicted octanol–water partition coefficient (Wildman–Crippen LogP) is 3.44. The summed E-state index contributed by atoms with van der Waals surface area (Å²) in [7, 11) is 1.55. The highest BCUT2D eigenvalue weighted by molar-refractivity contribution is 7.81. The van der Waals surface area contributed by atoms with Crippen LogP contribution < -0.4 is 4.74 Å². The molecule has 0 spiro atoms. The van der Waals surface area contributed by atoms with Gasteiger partial charge in [0.05, 0.1) is 10.4 Å². The maximum Gasteiger partial charge on any atom is 0.335 e. The smallest absolute Gasteiger partial charge is 0.335 e. The molecule has 0 aliphatic heterocycles. The van der Waals surface area contributed by atoms with Crippen LogP contribution in [0.1, 0.15) is 27.0 Å². The van der Waals surface area contributed by atoms with Crippen LogP contribution in [0.2, 0.25) is 0 Å². The average Bonchev–Trinajstić information content (AvgIpc) is 2.53. The first kappa shape index (κ1) is 16.1. The number of carboxylic acids is 1. The molecule has 2 rings (SSSR count). The Kier molecular flexibility index (Phi) is 5.25. The summed E-state index contributed by atoms with van der Waals surface area (Å²) in [5.74, 6) is -0.322. The molecule has 4 nitrogen and oxygen atoms in total. The highest BCUT2D eigenvalue weighted by Gasteiger charge is 2.12. The number of thiocarbonyl (C=S) groups is 1. The number of carbonyl (C=O) groups is 1. The molecule has 0 fully saturated rings. The maximum absolute atomic E-state index is 10.9. The molecule has 0 aromatic heterocycles.